The first-order valence-electron chi connectivity index (χ1n) is 2.87. The monoisotopic (exact) mass is 126 g/mol. The second kappa shape index (κ2) is 2.69. The number of rotatable bonds is 1. The lowest BCUT2D eigenvalue weighted by Gasteiger charge is -2.16. The Bertz CT molecular complexity index is 147. The van der Waals surface area contributed by atoms with E-state index in [2.05, 4.69) is 0 Å². The molecule has 1 atom stereocenters. The highest BCUT2D eigenvalue weighted by Gasteiger charge is 2.05. The average molecular weight is 126 g/mol. The summed E-state index contributed by atoms with van der Waals surface area (Å²) in [7, 11) is 1.62. The van der Waals surface area contributed by atoms with Gasteiger partial charge in [0.15, 0.2) is 0 Å². The molecular formula is C7H10O2. The Morgan fingerprint density at radius 2 is 2.44 bits per heavy atom. The Labute approximate surface area is 54.8 Å². The van der Waals surface area contributed by atoms with E-state index in [1.54, 1.807) is 7.11 Å². The lowest BCUT2D eigenvalue weighted by atomic mass is 10.3. The minimum absolute atomic E-state index is 0.185. The SMILES string of the molecule is CO[C@@H]1C=CC=C(C)O1. The van der Waals surface area contributed by atoms with Crippen LogP contribution in [0.15, 0.2) is 24.0 Å². The van der Waals surface area contributed by atoms with Gasteiger partial charge in [0.25, 0.3) is 0 Å². The molecule has 0 radical (unpaired) electrons. The lowest BCUT2D eigenvalue weighted by Crippen LogP contribution is -2.12. The van der Waals surface area contributed by atoms with E-state index in [0.29, 0.717) is 0 Å². The second-order valence-corrected chi connectivity index (χ2v) is 1.88. The maximum Gasteiger partial charge on any atom is 0.219 e. The topological polar surface area (TPSA) is 18.5 Å². The van der Waals surface area contributed by atoms with Crippen LogP contribution in [0.4, 0.5) is 0 Å². The zero-order chi connectivity index (χ0) is 6.69. The molecule has 1 aliphatic heterocycles. The summed E-state index contributed by atoms with van der Waals surface area (Å²) >= 11 is 0. The molecule has 0 aromatic heterocycles. The van der Waals surface area contributed by atoms with Gasteiger partial charge in [-0.15, -0.1) is 0 Å². The van der Waals surface area contributed by atoms with E-state index in [-0.39, 0.29) is 6.29 Å². The fraction of sp³-hybridized carbons (Fsp3) is 0.429. The van der Waals surface area contributed by atoms with Crippen LogP contribution in [-0.4, -0.2) is 13.4 Å². The first kappa shape index (κ1) is 6.36. The quantitative estimate of drug-likeness (QED) is 0.529. The molecule has 1 aliphatic rings. The zero-order valence-electron chi connectivity index (χ0n) is 5.63. The zero-order valence-corrected chi connectivity index (χ0v) is 5.63. The summed E-state index contributed by atoms with van der Waals surface area (Å²) in [6, 6.07) is 0. The van der Waals surface area contributed by atoms with Crippen LogP contribution in [-0.2, 0) is 9.47 Å². The van der Waals surface area contributed by atoms with Crippen molar-refractivity contribution >= 4 is 0 Å². The normalized spacial score (nSPS) is 25.1. The molecule has 0 aromatic rings. The average Bonchev–Trinajstić information content (AvgIpc) is 1.88. The number of hydrogen-bond donors (Lipinski definition) is 0. The van der Waals surface area contributed by atoms with E-state index >= 15 is 0 Å². The van der Waals surface area contributed by atoms with Gasteiger partial charge in [0, 0.05) is 7.11 Å². The molecule has 0 aromatic carbocycles. The highest BCUT2D eigenvalue weighted by Crippen LogP contribution is 2.09. The third-order valence-electron chi connectivity index (χ3n) is 1.13. The summed E-state index contributed by atoms with van der Waals surface area (Å²) in [5.74, 6) is 0.893. The molecule has 1 heterocycles. The van der Waals surface area contributed by atoms with E-state index in [1.807, 2.05) is 25.2 Å². The van der Waals surface area contributed by atoms with Crippen LogP contribution in [0.25, 0.3) is 0 Å². The van der Waals surface area contributed by atoms with Gasteiger partial charge in [-0.05, 0) is 19.1 Å². The minimum atomic E-state index is -0.185. The van der Waals surface area contributed by atoms with Crippen LogP contribution in [0.1, 0.15) is 6.92 Å². The molecule has 1 rings (SSSR count). The van der Waals surface area contributed by atoms with Crippen molar-refractivity contribution in [2.75, 3.05) is 7.11 Å². The fourth-order valence-electron chi connectivity index (χ4n) is 0.670. The molecule has 0 amide bonds. The standard InChI is InChI=1S/C7H10O2/c1-6-4-3-5-7(8-2)9-6/h3-5,7H,1-2H3/t7-/m0/s1. The number of methoxy groups -OCH3 is 1. The van der Waals surface area contributed by atoms with E-state index in [1.165, 1.54) is 0 Å². The van der Waals surface area contributed by atoms with Crippen LogP contribution in [0.5, 0.6) is 0 Å². The van der Waals surface area contributed by atoms with Gasteiger partial charge in [-0.1, -0.05) is 6.08 Å². The van der Waals surface area contributed by atoms with Gasteiger partial charge in [-0.3, -0.25) is 0 Å². The highest BCUT2D eigenvalue weighted by molar-refractivity contribution is 5.11. The third kappa shape index (κ3) is 1.57. The first-order valence-corrected chi connectivity index (χ1v) is 2.87. The van der Waals surface area contributed by atoms with Crippen molar-refractivity contribution in [1.82, 2.24) is 0 Å². The third-order valence-corrected chi connectivity index (χ3v) is 1.13. The first-order chi connectivity index (χ1) is 4.33. The molecule has 0 saturated carbocycles. The predicted octanol–water partition coefficient (Wildman–Crippen LogP) is 1.45. The van der Waals surface area contributed by atoms with Crippen molar-refractivity contribution in [3.8, 4) is 0 Å². The van der Waals surface area contributed by atoms with Gasteiger partial charge in [-0.25, -0.2) is 0 Å². The van der Waals surface area contributed by atoms with Crippen molar-refractivity contribution in [2.45, 2.75) is 13.2 Å². The Morgan fingerprint density at radius 3 is 2.89 bits per heavy atom. The summed E-state index contributed by atoms with van der Waals surface area (Å²) in [5.41, 5.74) is 0. The van der Waals surface area contributed by atoms with Gasteiger partial charge in [0.05, 0.1) is 5.76 Å². The van der Waals surface area contributed by atoms with Crippen LogP contribution < -0.4 is 0 Å². The van der Waals surface area contributed by atoms with E-state index in [9.17, 15) is 0 Å². The smallest absolute Gasteiger partial charge is 0.219 e. The largest absolute Gasteiger partial charge is 0.466 e. The van der Waals surface area contributed by atoms with Crippen LogP contribution in [0.3, 0.4) is 0 Å². The van der Waals surface area contributed by atoms with E-state index in [0.717, 1.165) is 5.76 Å². The fourth-order valence-corrected chi connectivity index (χ4v) is 0.670. The highest BCUT2D eigenvalue weighted by atomic mass is 16.7. The molecule has 0 bridgehead atoms. The van der Waals surface area contributed by atoms with Gasteiger partial charge >= 0.3 is 0 Å². The Balaban J connectivity index is 2.51. The van der Waals surface area contributed by atoms with Crippen LogP contribution in [0.2, 0.25) is 0 Å². The van der Waals surface area contributed by atoms with Crippen molar-refractivity contribution in [2.24, 2.45) is 0 Å². The van der Waals surface area contributed by atoms with Gasteiger partial charge in [-0.2, -0.15) is 0 Å². The predicted molar refractivity (Wildman–Crippen MR) is 34.8 cm³/mol. The van der Waals surface area contributed by atoms with E-state index < -0.39 is 0 Å². The molecule has 0 spiro atoms. The Kier molecular flexibility index (Phi) is 1.90. The molecule has 0 aliphatic carbocycles. The van der Waals surface area contributed by atoms with Crippen molar-refractivity contribution in [1.29, 1.82) is 0 Å². The summed E-state index contributed by atoms with van der Waals surface area (Å²) < 4.78 is 10.1. The second-order valence-electron chi connectivity index (χ2n) is 1.88. The van der Waals surface area contributed by atoms with Gasteiger partial charge in [0.2, 0.25) is 6.29 Å². The molecule has 9 heavy (non-hydrogen) atoms. The number of hydrogen-bond acceptors (Lipinski definition) is 2. The van der Waals surface area contributed by atoms with Crippen LogP contribution >= 0.6 is 0 Å². The Hall–Kier alpha value is -0.760. The maximum atomic E-state index is 5.19. The Morgan fingerprint density at radius 1 is 1.67 bits per heavy atom. The van der Waals surface area contributed by atoms with Gasteiger partial charge < -0.3 is 9.47 Å². The minimum Gasteiger partial charge on any atom is -0.466 e. The lowest BCUT2D eigenvalue weighted by molar-refractivity contribution is -0.0601. The molecule has 0 fully saturated rings. The van der Waals surface area contributed by atoms with Crippen molar-refractivity contribution < 1.29 is 9.47 Å². The summed E-state index contributed by atoms with van der Waals surface area (Å²) in [4.78, 5) is 0. The molecule has 0 unspecified atom stereocenters. The van der Waals surface area contributed by atoms with Crippen LogP contribution in [0, 0.1) is 0 Å². The van der Waals surface area contributed by atoms with Crippen molar-refractivity contribution in [3.05, 3.63) is 24.0 Å². The molecule has 0 N–H and O–H groups in total. The van der Waals surface area contributed by atoms with Gasteiger partial charge in [0.1, 0.15) is 0 Å². The summed E-state index contributed by atoms with van der Waals surface area (Å²) in [6.45, 7) is 1.90. The molecule has 50 valence electrons. The van der Waals surface area contributed by atoms with Crippen molar-refractivity contribution in [3.63, 3.8) is 0 Å². The molecule has 2 nitrogen and oxygen atoms in total. The summed E-state index contributed by atoms with van der Waals surface area (Å²) in [6.07, 6.45) is 5.49. The maximum absolute atomic E-state index is 5.19. The molecular weight excluding hydrogens is 116 g/mol. The molecule has 2 heteroatoms. The van der Waals surface area contributed by atoms with E-state index in [4.69, 9.17) is 9.47 Å². The number of ether oxygens (including phenoxy) is 2. The number of allylic oxidation sites excluding steroid dienone is 3. The molecule has 0 saturated heterocycles. The summed E-state index contributed by atoms with van der Waals surface area (Å²) in [5, 5.41) is 0.